The number of hydrogen-bond acceptors (Lipinski definition) is 13. The summed E-state index contributed by atoms with van der Waals surface area (Å²) in [7, 11) is 1.33. The van der Waals surface area contributed by atoms with Crippen molar-refractivity contribution in [2.45, 2.75) is 59.7 Å². The molecule has 0 aliphatic heterocycles. The van der Waals surface area contributed by atoms with Crippen molar-refractivity contribution in [1.82, 2.24) is 5.32 Å². The predicted molar refractivity (Wildman–Crippen MR) is 268 cm³/mol. The molecule has 4 N–H and O–H groups in total. The molecule has 0 aliphatic carbocycles. The number of carbonyl (C=O) groups is 9. The Bertz CT molecular complexity index is 2960. The standard InChI is InChI=1S/C55H54N4O13/c1-31(2)52(65)71-34(6)23-25-69-54(67)43-21-15-36(29-45(43)50(63)56-8)47(60)37-16-22-44(55(68)70-26-24-35(7)72-53(66)32(3)4)46(30-37)51(64)59-42-14-10-13-39(28-42)49(62)58-41-19-17-40(18-20-41)57-48(61)38-12-9-11-33(5)27-38/h9-22,27-30,34-35H,1,3,23-26H2,2,4-8H3,(H,56,63)(H,57,61)(H,58,62)(H,59,64). The number of rotatable bonds is 21. The second-order valence-corrected chi connectivity index (χ2v) is 16.7. The van der Waals surface area contributed by atoms with Crippen molar-refractivity contribution >= 4 is 70.4 Å². The van der Waals surface area contributed by atoms with E-state index in [2.05, 4.69) is 34.4 Å². The van der Waals surface area contributed by atoms with Crippen LogP contribution in [0.4, 0.5) is 17.1 Å². The van der Waals surface area contributed by atoms with Gasteiger partial charge in [0.15, 0.2) is 5.78 Å². The quantitative estimate of drug-likeness (QED) is 0.0234. The Kier molecular flexibility index (Phi) is 18.8. The van der Waals surface area contributed by atoms with Gasteiger partial charge < -0.3 is 40.2 Å². The van der Waals surface area contributed by atoms with Crippen LogP contribution in [0.25, 0.3) is 0 Å². The van der Waals surface area contributed by atoms with Gasteiger partial charge in [-0.1, -0.05) is 49.1 Å². The molecule has 372 valence electrons. The van der Waals surface area contributed by atoms with Crippen LogP contribution in [0.15, 0.2) is 133 Å². The summed E-state index contributed by atoms with van der Waals surface area (Å²) < 4.78 is 21.3. The van der Waals surface area contributed by atoms with E-state index in [1.165, 1.54) is 81.6 Å². The maximum atomic E-state index is 14.2. The summed E-state index contributed by atoms with van der Waals surface area (Å²) in [4.78, 5) is 118. The van der Waals surface area contributed by atoms with Crippen LogP contribution < -0.4 is 21.3 Å². The highest BCUT2D eigenvalue weighted by Crippen LogP contribution is 2.23. The Morgan fingerprint density at radius 1 is 0.486 bits per heavy atom. The van der Waals surface area contributed by atoms with E-state index in [1.807, 2.05) is 13.0 Å². The number of aryl methyl sites for hydroxylation is 1. The number of ketones is 1. The van der Waals surface area contributed by atoms with Gasteiger partial charge in [-0.15, -0.1) is 0 Å². The Labute approximate surface area is 416 Å². The van der Waals surface area contributed by atoms with Crippen molar-refractivity contribution in [1.29, 1.82) is 0 Å². The highest BCUT2D eigenvalue weighted by molar-refractivity contribution is 6.16. The number of carbonyl (C=O) groups excluding carboxylic acids is 9. The van der Waals surface area contributed by atoms with E-state index in [0.29, 0.717) is 16.9 Å². The number of nitrogens with one attached hydrogen (secondary N) is 4. The summed E-state index contributed by atoms with van der Waals surface area (Å²) in [6.07, 6.45) is -1.01. The molecule has 2 unspecified atom stereocenters. The molecule has 2 atom stereocenters. The molecule has 0 aromatic heterocycles. The van der Waals surface area contributed by atoms with Crippen LogP contribution in [-0.4, -0.2) is 85.8 Å². The highest BCUT2D eigenvalue weighted by atomic mass is 16.6. The van der Waals surface area contributed by atoms with Gasteiger partial charge in [-0.2, -0.15) is 0 Å². The van der Waals surface area contributed by atoms with Crippen molar-refractivity contribution in [2.75, 3.05) is 36.2 Å². The van der Waals surface area contributed by atoms with E-state index in [9.17, 15) is 43.2 Å². The molecule has 0 heterocycles. The number of hydrogen-bond donors (Lipinski definition) is 4. The lowest BCUT2D eigenvalue weighted by atomic mass is 9.95. The van der Waals surface area contributed by atoms with Crippen molar-refractivity contribution < 1.29 is 62.1 Å². The topological polar surface area (TPSA) is 239 Å². The first kappa shape index (κ1) is 54.0. The van der Waals surface area contributed by atoms with Gasteiger partial charge in [0.25, 0.3) is 23.6 Å². The number of benzene rings is 5. The molecule has 0 aliphatic rings. The Balaban J connectivity index is 1.36. The third-order valence-corrected chi connectivity index (χ3v) is 10.6. The zero-order valence-electron chi connectivity index (χ0n) is 40.6. The SMILES string of the molecule is C=C(C)C(=O)OC(C)CCOC(=O)c1ccc(C(=O)c2ccc(C(=O)OCCC(C)OC(=O)C(=C)C)c(C(=O)Nc3cccc(C(=O)Nc4ccc(NC(=O)c5cccc(C)c5)cc4)c3)c2)cc1C(=O)NC. The summed E-state index contributed by atoms with van der Waals surface area (Å²) in [5.74, 6) is -6.15. The summed E-state index contributed by atoms with van der Waals surface area (Å²) in [6, 6.07) is 27.0. The number of amides is 4. The van der Waals surface area contributed by atoms with Crippen LogP contribution in [0.1, 0.15) is 124 Å². The largest absolute Gasteiger partial charge is 0.462 e. The van der Waals surface area contributed by atoms with E-state index < -0.39 is 59.6 Å². The van der Waals surface area contributed by atoms with E-state index in [4.69, 9.17) is 18.9 Å². The molecule has 0 saturated heterocycles. The van der Waals surface area contributed by atoms with Gasteiger partial charge in [0.05, 0.1) is 35.5 Å². The van der Waals surface area contributed by atoms with Crippen molar-refractivity contribution in [3.63, 3.8) is 0 Å². The molecule has 5 aromatic carbocycles. The zero-order valence-corrected chi connectivity index (χ0v) is 40.6. The minimum atomic E-state index is -0.945. The van der Waals surface area contributed by atoms with Gasteiger partial charge in [0.2, 0.25) is 0 Å². The second kappa shape index (κ2) is 25.0. The lowest BCUT2D eigenvalue weighted by Gasteiger charge is -2.15. The Hall–Kier alpha value is -8.99. The fraction of sp³-hybridized carbons (Fsp3) is 0.218. The zero-order chi connectivity index (χ0) is 52.6. The first-order valence-corrected chi connectivity index (χ1v) is 22.6. The summed E-state index contributed by atoms with van der Waals surface area (Å²) >= 11 is 0. The molecular weight excluding hydrogens is 925 g/mol. The molecule has 4 amide bonds. The molecule has 0 spiro atoms. The molecule has 5 rings (SSSR count). The number of esters is 4. The lowest BCUT2D eigenvalue weighted by Crippen LogP contribution is -2.23. The minimum absolute atomic E-state index is 0.0641. The molecule has 0 saturated carbocycles. The fourth-order valence-corrected chi connectivity index (χ4v) is 6.65. The Morgan fingerprint density at radius 3 is 1.36 bits per heavy atom. The van der Waals surface area contributed by atoms with Crippen LogP contribution in [0.2, 0.25) is 0 Å². The third-order valence-electron chi connectivity index (χ3n) is 10.6. The van der Waals surface area contributed by atoms with Crippen LogP contribution in [0.5, 0.6) is 0 Å². The average molecular weight is 979 g/mol. The van der Waals surface area contributed by atoms with Gasteiger partial charge in [-0.05, 0) is 113 Å². The average Bonchev–Trinajstić information content (AvgIpc) is 3.35. The second-order valence-electron chi connectivity index (χ2n) is 16.7. The molecule has 5 aromatic rings. The third kappa shape index (κ3) is 15.0. The van der Waals surface area contributed by atoms with E-state index in [-0.39, 0.29) is 87.7 Å². The van der Waals surface area contributed by atoms with E-state index in [1.54, 1.807) is 56.3 Å². The van der Waals surface area contributed by atoms with Crippen LogP contribution in [0, 0.1) is 6.92 Å². The predicted octanol–water partition coefficient (Wildman–Crippen LogP) is 8.45. The maximum Gasteiger partial charge on any atom is 0.338 e. The first-order chi connectivity index (χ1) is 34.2. The summed E-state index contributed by atoms with van der Waals surface area (Å²) in [6.45, 7) is 14.8. The molecular formula is C55H54N4O13. The first-order valence-electron chi connectivity index (χ1n) is 22.6. The fourth-order valence-electron chi connectivity index (χ4n) is 6.65. The van der Waals surface area contributed by atoms with Crippen molar-refractivity contribution in [3.8, 4) is 0 Å². The van der Waals surface area contributed by atoms with E-state index >= 15 is 0 Å². The molecule has 0 radical (unpaired) electrons. The van der Waals surface area contributed by atoms with Crippen LogP contribution >= 0.6 is 0 Å². The summed E-state index contributed by atoms with van der Waals surface area (Å²) in [5, 5.41) is 10.7. The molecule has 17 nitrogen and oxygen atoms in total. The molecule has 72 heavy (non-hydrogen) atoms. The molecule has 0 fully saturated rings. The van der Waals surface area contributed by atoms with Crippen molar-refractivity contribution in [3.05, 3.63) is 184 Å². The maximum absolute atomic E-state index is 14.2. The van der Waals surface area contributed by atoms with Gasteiger partial charge >= 0.3 is 23.9 Å². The normalized spacial score (nSPS) is 11.4. The van der Waals surface area contributed by atoms with Crippen molar-refractivity contribution in [2.24, 2.45) is 0 Å². The minimum Gasteiger partial charge on any atom is -0.462 e. The molecule has 17 heteroatoms. The number of anilines is 3. The Morgan fingerprint density at radius 2 is 0.917 bits per heavy atom. The smallest absolute Gasteiger partial charge is 0.338 e. The van der Waals surface area contributed by atoms with Crippen LogP contribution in [-0.2, 0) is 28.5 Å². The van der Waals surface area contributed by atoms with E-state index in [0.717, 1.165) is 5.56 Å². The highest BCUT2D eigenvalue weighted by Gasteiger charge is 2.25. The van der Waals surface area contributed by atoms with Gasteiger partial charge in [-0.25, -0.2) is 19.2 Å². The van der Waals surface area contributed by atoms with Gasteiger partial charge in [0.1, 0.15) is 12.2 Å². The van der Waals surface area contributed by atoms with Crippen LogP contribution in [0.3, 0.4) is 0 Å². The van der Waals surface area contributed by atoms with Gasteiger partial charge in [0, 0.05) is 70.4 Å². The number of ether oxygens (including phenoxy) is 4. The lowest BCUT2D eigenvalue weighted by molar-refractivity contribution is -0.144. The molecule has 0 bridgehead atoms. The van der Waals surface area contributed by atoms with Gasteiger partial charge in [-0.3, -0.25) is 24.0 Å². The monoisotopic (exact) mass is 978 g/mol. The summed E-state index contributed by atoms with van der Waals surface area (Å²) in [5.41, 5.74) is 1.98.